The van der Waals surface area contributed by atoms with E-state index >= 15 is 0 Å². The van der Waals surface area contributed by atoms with Crippen molar-refractivity contribution in [3.05, 3.63) is 54.1 Å². The van der Waals surface area contributed by atoms with E-state index < -0.39 is 17.5 Å². The summed E-state index contributed by atoms with van der Waals surface area (Å²) in [6, 6.07) is 12.3. The SMILES string of the molecule is Oc1cc(C(F)(F)F)cc2c1ccc1c3ccccc3oc21. The fourth-order valence-corrected chi connectivity index (χ4v) is 2.76. The van der Waals surface area contributed by atoms with Crippen LogP contribution in [0.3, 0.4) is 0 Å². The Labute approximate surface area is 122 Å². The van der Waals surface area contributed by atoms with Gasteiger partial charge >= 0.3 is 6.18 Å². The number of hydrogen-bond acceptors (Lipinski definition) is 2. The molecular formula is C17H9F3O2. The van der Waals surface area contributed by atoms with Gasteiger partial charge in [-0.1, -0.05) is 18.2 Å². The third-order valence-electron chi connectivity index (χ3n) is 3.78. The van der Waals surface area contributed by atoms with Gasteiger partial charge in [0.15, 0.2) is 0 Å². The maximum atomic E-state index is 13.0. The molecule has 0 aliphatic carbocycles. The summed E-state index contributed by atoms with van der Waals surface area (Å²) >= 11 is 0. The van der Waals surface area contributed by atoms with E-state index in [1.165, 1.54) is 0 Å². The van der Waals surface area contributed by atoms with Crippen LogP contribution in [0, 0.1) is 0 Å². The van der Waals surface area contributed by atoms with Crippen LogP contribution in [0.25, 0.3) is 32.7 Å². The lowest BCUT2D eigenvalue weighted by Gasteiger charge is -2.09. The molecule has 0 spiro atoms. The highest BCUT2D eigenvalue weighted by Crippen LogP contribution is 2.40. The first kappa shape index (κ1) is 13.0. The summed E-state index contributed by atoms with van der Waals surface area (Å²) in [5.41, 5.74) is 0.0486. The van der Waals surface area contributed by atoms with Gasteiger partial charge < -0.3 is 9.52 Å². The number of hydrogen-bond donors (Lipinski definition) is 1. The Hall–Kier alpha value is -2.69. The summed E-state index contributed by atoms with van der Waals surface area (Å²) in [5, 5.41) is 12.0. The molecule has 0 radical (unpaired) electrons. The lowest BCUT2D eigenvalue weighted by molar-refractivity contribution is -0.137. The van der Waals surface area contributed by atoms with Crippen LogP contribution in [-0.4, -0.2) is 5.11 Å². The molecule has 0 aliphatic rings. The Kier molecular flexibility index (Phi) is 2.46. The molecule has 4 rings (SSSR count). The van der Waals surface area contributed by atoms with Crippen molar-refractivity contribution >= 4 is 32.7 Å². The minimum Gasteiger partial charge on any atom is -0.507 e. The Morgan fingerprint density at radius 2 is 1.55 bits per heavy atom. The summed E-state index contributed by atoms with van der Waals surface area (Å²) < 4.78 is 44.6. The molecule has 0 aliphatic heterocycles. The van der Waals surface area contributed by atoms with Gasteiger partial charge in [0.2, 0.25) is 0 Å². The summed E-state index contributed by atoms with van der Waals surface area (Å²) in [7, 11) is 0. The summed E-state index contributed by atoms with van der Waals surface area (Å²) in [6.45, 7) is 0. The molecule has 22 heavy (non-hydrogen) atoms. The van der Waals surface area contributed by atoms with Gasteiger partial charge in [0.1, 0.15) is 16.9 Å². The molecule has 2 nitrogen and oxygen atoms in total. The van der Waals surface area contributed by atoms with E-state index in [4.69, 9.17) is 4.42 Å². The van der Waals surface area contributed by atoms with E-state index in [0.29, 0.717) is 16.6 Å². The molecular weight excluding hydrogens is 293 g/mol. The third kappa shape index (κ3) is 1.75. The van der Waals surface area contributed by atoms with E-state index in [-0.39, 0.29) is 5.39 Å². The van der Waals surface area contributed by atoms with E-state index in [1.807, 2.05) is 12.1 Å². The third-order valence-corrected chi connectivity index (χ3v) is 3.78. The number of furan rings is 1. The summed E-state index contributed by atoms with van der Waals surface area (Å²) in [6.07, 6.45) is -4.53. The first-order valence-corrected chi connectivity index (χ1v) is 6.59. The van der Waals surface area contributed by atoms with Crippen LogP contribution in [0.15, 0.2) is 52.9 Å². The molecule has 3 aromatic carbocycles. The maximum Gasteiger partial charge on any atom is 0.416 e. The van der Waals surface area contributed by atoms with Gasteiger partial charge in [-0.15, -0.1) is 0 Å². The zero-order valence-electron chi connectivity index (χ0n) is 11.1. The minimum atomic E-state index is -4.53. The topological polar surface area (TPSA) is 33.4 Å². The number of aromatic hydroxyl groups is 1. The number of phenols is 1. The molecule has 4 aromatic rings. The summed E-state index contributed by atoms with van der Waals surface area (Å²) in [5.74, 6) is -0.410. The van der Waals surface area contributed by atoms with Crippen LogP contribution in [0.5, 0.6) is 5.75 Å². The van der Waals surface area contributed by atoms with Crippen LogP contribution >= 0.6 is 0 Å². The zero-order chi connectivity index (χ0) is 15.5. The van der Waals surface area contributed by atoms with Crippen molar-refractivity contribution in [3.63, 3.8) is 0 Å². The average molecular weight is 302 g/mol. The van der Waals surface area contributed by atoms with Crippen molar-refractivity contribution in [2.24, 2.45) is 0 Å². The minimum absolute atomic E-state index is 0.251. The van der Waals surface area contributed by atoms with Gasteiger partial charge in [-0.25, -0.2) is 0 Å². The molecule has 0 amide bonds. The summed E-state index contributed by atoms with van der Waals surface area (Å²) in [4.78, 5) is 0. The zero-order valence-corrected chi connectivity index (χ0v) is 11.1. The molecule has 0 unspecified atom stereocenters. The van der Waals surface area contributed by atoms with E-state index in [1.54, 1.807) is 24.3 Å². The molecule has 0 bridgehead atoms. The van der Waals surface area contributed by atoms with E-state index in [0.717, 1.165) is 22.9 Å². The highest BCUT2D eigenvalue weighted by atomic mass is 19.4. The van der Waals surface area contributed by atoms with Crippen molar-refractivity contribution in [1.29, 1.82) is 0 Å². The molecule has 5 heteroatoms. The van der Waals surface area contributed by atoms with E-state index in [9.17, 15) is 18.3 Å². The second-order valence-corrected chi connectivity index (χ2v) is 5.13. The maximum absolute atomic E-state index is 13.0. The fourth-order valence-electron chi connectivity index (χ4n) is 2.76. The largest absolute Gasteiger partial charge is 0.507 e. The quantitative estimate of drug-likeness (QED) is 0.467. The monoisotopic (exact) mass is 302 g/mol. The number of fused-ring (bicyclic) bond motifs is 5. The highest BCUT2D eigenvalue weighted by molar-refractivity contribution is 6.16. The van der Waals surface area contributed by atoms with Gasteiger partial charge in [-0.3, -0.25) is 0 Å². The molecule has 0 saturated heterocycles. The number of halogens is 3. The number of para-hydroxylation sites is 1. The molecule has 0 atom stereocenters. The molecule has 1 aromatic heterocycles. The first-order chi connectivity index (χ1) is 10.4. The number of benzene rings is 3. The number of alkyl halides is 3. The van der Waals surface area contributed by atoms with Crippen molar-refractivity contribution < 1.29 is 22.7 Å². The van der Waals surface area contributed by atoms with Gasteiger partial charge in [0.25, 0.3) is 0 Å². The molecule has 110 valence electrons. The lowest BCUT2D eigenvalue weighted by atomic mass is 10.0. The van der Waals surface area contributed by atoms with Crippen molar-refractivity contribution in [1.82, 2.24) is 0 Å². The fraction of sp³-hybridized carbons (Fsp3) is 0.0588. The average Bonchev–Trinajstić information content (AvgIpc) is 2.85. The van der Waals surface area contributed by atoms with Crippen LogP contribution in [0.1, 0.15) is 5.56 Å². The molecule has 0 fully saturated rings. The van der Waals surface area contributed by atoms with Gasteiger partial charge in [0.05, 0.1) is 5.56 Å². The standard InChI is InChI=1S/C17H9F3O2/c18-17(19,20)9-7-13-10(14(21)8-9)5-6-12-11-3-1-2-4-15(11)22-16(12)13/h1-8,21H. The second-order valence-electron chi connectivity index (χ2n) is 5.13. The second kappa shape index (κ2) is 4.16. The first-order valence-electron chi connectivity index (χ1n) is 6.59. The predicted molar refractivity (Wildman–Crippen MR) is 77.9 cm³/mol. The van der Waals surface area contributed by atoms with Gasteiger partial charge in [-0.2, -0.15) is 13.2 Å². The highest BCUT2D eigenvalue weighted by Gasteiger charge is 2.32. The lowest BCUT2D eigenvalue weighted by Crippen LogP contribution is -2.04. The number of rotatable bonds is 0. The van der Waals surface area contributed by atoms with Crippen molar-refractivity contribution in [3.8, 4) is 5.75 Å². The van der Waals surface area contributed by atoms with Gasteiger partial charge in [0, 0.05) is 21.5 Å². The molecule has 1 N–H and O–H groups in total. The normalized spacial score (nSPS) is 12.5. The Morgan fingerprint density at radius 3 is 2.32 bits per heavy atom. The predicted octanol–water partition coefficient (Wildman–Crippen LogP) is 5.46. The van der Waals surface area contributed by atoms with Gasteiger partial charge in [-0.05, 0) is 30.3 Å². The Morgan fingerprint density at radius 1 is 0.818 bits per heavy atom. The van der Waals surface area contributed by atoms with Crippen LogP contribution in [0.4, 0.5) is 13.2 Å². The van der Waals surface area contributed by atoms with E-state index in [2.05, 4.69) is 0 Å². The van der Waals surface area contributed by atoms with Crippen LogP contribution < -0.4 is 0 Å². The molecule has 1 heterocycles. The number of phenolic OH excluding ortho intramolecular Hbond substituents is 1. The Balaban J connectivity index is 2.20. The van der Waals surface area contributed by atoms with Crippen LogP contribution in [0.2, 0.25) is 0 Å². The van der Waals surface area contributed by atoms with Crippen LogP contribution in [-0.2, 0) is 6.18 Å². The Bertz CT molecular complexity index is 1030. The molecule has 0 saturated carbocycles. The van der Waals surface area contributed by atoms with Crippen molar-refractivity contribution in [2.75, 3.05) is 0 Å². The smallest absolute Gasteiger partial charge is 0.416 e. The van der Waals surface area contributed by atoms with Crippen molar-refractivity contribution in [2.45, 2.75) is 6.18 Å².